The van der Waals surface area contributed by atoms with E-state index in [1.54, 1.807) is 0 Å². The van der Waals surface area contributed by atoms with E-state index in [1.165, 1.54) is 60.6 Å². The molecule has 1 aliphatic rings. The molecule has 7 aromatic carbocycles. The summed E-state index contributed by atoms with van der Waals surface area (Å²) in [4.78, 5) is 2.48. The number of anilines is 3. The summed E-state index contributed by atoms with van der Waals surface area (Å²) < 4.78 is 0. The lowest BCUT2D eigenvalue weighted by Gasteiger charge is -2.32. The van der Waals surface area contributed by atoms with Crippen LogP contribution in [0.4, 0.5) is 17.1 Å². The van der Waals surface area contributed by atoms with E-state index in [1.807, 2.05) is 0 Å². The van der Waals surface area contributed by atoms with Crippen LogP contribution >= 0.6 is 0 Å². The van der Waals surface area contributed by atoms with Gasteiger partial charge < -0.3 is 4.90 Å². The summed E-state index contributed by atoms with van der Waals surface area (Å²) in [6.45, 7) is 4.77. The molecular weight excluding hydrogens is 506 g/mol. The SMILES string of the molecule is CC1(C)c2ccccc2-c2c(-c3ccccc3)c(N(c3ccccc3)c3ccc4ccccc4c3)c3ccccc3c21. The van der Waals surface area contributed by atoms with Gasteiger partial charge in [0.05, 0.1) is 5.69 Å². The molecule has 0 atom stereocenters. The third-order valence-corrected chi connectivity index (χ3v) is 8.97. The molecule has 1 aliphatic carbocycles. The topological polar surface area (TPSA) is 3.24 Å². The number of benzene rings is 7. The molecular formula is C41H31N. The van der Waals surface area contributed by atoms with Gasteiger partial charge in [-0.2, -0.15) is 0 Å². The van der Waals surface area contributed by atoms with Crippen LogP contribution in [0.5, 0.6) is 0 Å². The Morgan fingerprint density at radius 1 is 0.476 bits per heavy atom. The molecule has 200 valence electrons. The van der Waals surface area contributed by atoms with Gasteiger partial charge in [-0.3, -0.25) is 0 Å². The molecule has 42 heavy (non-hydrogen) atoms. The molecule has 0 bridgehead atoms. The Labute approximate surface area is 247 Å². The Kier molecular flexibility index (Phi) is 5.55. The third kappa shape index (κ3) is 3.63. The highest BCUT2D eigenvalue weighted by Crippen LogP contribution is 2.59. The summed E-state index contributed by atoms with van der Waals surface area (Å²) in [6.07, 6.45) is 0. The van der Waals surface area contributed by atoms with Crippen LogP contribution in [-0.4, -0.2) is 0 Å². The second kappa shape index (κ2) is 9.46. The van der Waals surface area contributed by atoms with Gasteiger partial charge in [0.1, 0.15) is 0 Å². The molecule has 0 spiro atoms. The first-order valence-electron chi connectivity index (χ1n) is 14.7. The van der Waals surface area contributed by atoms with Gasteiger partial charge in [-0.1, -0.05) is 141 Å². The van der Waals surface area contributed by atoms with Gasteiger partial charge in [-0.05, 0) is 68.2 Å². The second-order valence-electron chi connectivity index (χ2n) is 11.8. The number of rotatable bonds is 4. The minimum absolute atomic E-state index is 0.131. The quantitative estimate of drug-likeness (QED) is 0.216. The Morgan fingerprint density at radius 3 is 1.88 bits per heavy atom. The van der Waals surface area contributed by atoms with Crippen LogP contribution in [-0.2, 0) is 5.41 Å². The Morgan fingerprint density at radius 2 is 1.10 bits per heavy atom. The zero-order valence-corrected chi connectivity index (χ0v) is 23.9. The summed E-state index contributed by atoms with van der Waals surface area (Å²) in [5.41, 5.74) is 11.3. The van der Waals surface area contributed by atoms with Crippen LogP contribution in [0.2, 0.25) is 0 Å². The van der Waals surface area contributed by atoms with Gasteiger partial charge in [0.15, 0.2) is 0 Å². The highest BCUT2D eigenvalue weighted by atomic mass is 15.1. The van der Waals surface area contributed by atoms with Crippen LogP contribution in [0.1, 0.15) is 25.0 Å². The van der Waals surface area contributed by atoms with Crippen molar-refractivity contribution < 1.29 is 0 Å². The van der Waals surface area contributed by atoms with Crippen molar-refractivity contribution in [3.05, 3.63) is 163 Å². The number of hydrogen-bond acceptors (Lipinski definition) is 1. The van der Waals surface area contributed by atoms with Crippen molar-refractivity contribution in [2.24, 2.45) is 0 Å². The molecule has 1 heteroatoms. The first kappa shape index (κ1) is 24.6. The van der Waals surface area contributed by atoms with Crippen molar-refractivity contribution >= 4 is 38.6 Å². The van der Waals surface area contributed by atoms with E-state index in [4.69, 9.17) is 0 Å². The number of para-hydroxylation sites is 1. The summed E-state index contributed by atoms with van der Waals surface area (Å²) in [5, 5.41) is 5.04. The molecule has 0 aliphatic heterocycles. The fraction of sp³-hybridized carbons (Fsp3) is 0.0732. The average Bonchev–Trinajstić information content (AvgIpc) is 3.29. The zero-order valence-electron chi connectivity index (χ0n) is 23.9. The number of hydrogen-bond donors (Lipinski definition) is 0. The molecule has 0 radical (unpaired) electrons. The lowest BCUT2D eigenvalue weighted by atomic mass is 9.78. The normalized spacial score (nSPS) is 13.2. The molecule has 1 nitrogen and oxygen atoms in total. The summed E-state index contributed by atoms with van der Waals surface area (Å²) in [5.74, 6) is 0. The van der Waals surface area contributed by atoms with Crippen molar-refractivity contribution in [2.45, 2.75) is 19.3 Å². The molecule has 0 heterocycles. The van der Waals surface area contributed by atoms with E-state index in [0.717, 1.165) is 11.4 Å². The van der Waals surface area contributed by atoms with Crippen LogP contribution in [0.25, 0.3) is 43.8 Å². The predicted molar refractivity (Wildman–Crippen MR) is 179 cm³/mol. The Balaban J connectivity index is 1.58. The van der Waals surface area contributed by atoms with E-state index < -0.39 is 0 Å². The standard InChI is InChI=1S/C41H31N/c1-41(2)36-24-14-13-23-35(36)38-37(29-16-5-3-6-17-29)40(34-22-12-11-21-33(34)39(38)41)42(31-19-7-4-8-20-31)32-26-25-28-15-9-10-18-30(28)27-32/h3-27H,1-2H3. The second-order valence-corrected chi connectivity index (χ2v) is 11.8. The van der Waals surface area contributed by atoms with Crippen LogP contribution in [0.3, 0.4) is 0 Å². The summed E-state index contributed by atoms with van der Waals surface area (Å²) in [7, 11) is 0. The van der Waals surface area contributed by atoms with Crippen LogP contribution in [0, 0.1) is 0 Å². The van der Waals surface area contributed by atoms with Crippen molar-refractivity contribution in [1.82, 2.24) is 0 Å². The number of nitrogens with zero attached hydrogens (tertiary/aromatic N) is 1. The van der Waals surface area contributed by atoms with Crippen molar-refractivity contribution in [3.63, 3.8) is 0 Å². The maximum Gasteiger partial charge on any atom is 0.0624 e. The predicted octanol–water partition coefficient (Wildman–Crippen LogP) is 11.4. The summed E-state index contributed by atoms with van der Waals surface area (Å²) >= 11 is 0. The van der Waals surface area contributed by atoms with Crippen LogP contribution in [0.15, 0.2) is 152 Å². The average molecular weight is 538 g/mol. The lowest BCUT2D eigenvalue weighted by molar-refractivity contribution is 0.666. The molecule has 0 amide bonds. The lowest BCUT2D eigenvalue weighted by Crippen LogP contribution is -2.17. The molecule has 0 N–H and O–H groups in total. The van der Waals surface area contributed by atoms with Gasteiger partial charge in [-0.15, -0.1) is 0 Å². The van der Waals surface area contributed by atoms with Crippen molar-refractivity contribution in [2.75, 3.05) is 4.90 Å². The molecule has 0 saturated carbocycles. The first-order valence-corrected chi connectivity index (χ1v) is 14.7. The minimum Gasteiger partial charge on any atom is -0.309 e. The smallest absolute Gasteiger partial charge is 0.0624 e. The molecule has 8 rings (SSSR count). The van der Waals surface area contributed by atoms with Crippen LogP contribution < -0.4 is 4.90 Å². The van der Waals surface area contributed by atoms with Crippen molar-refractivity contribution in [1.29, 1.82) is 0 Å². The molecule has 7 aromatic rings. The van der Waals surface area contributed by atoms with Crippen molar-refractivity contribution in [3.8, 4) is 22.3 Å². The van der Waals surface area contributed by atoms with E-state index in [-0.39, 0.29) is 5.41 Å². The van der Waals surface area contributed by atoms with Gasteiger partial charge in [0, 0.05) is 27.7 Å². The monoisotopic (exact) mass is 537 g/mol. The fourth-order valence-corrected chi connectivity index (χ4v) is 7.14. The van der Waals surface area contributed by atoms with E-state index in [9.17, 15) is 0 Å². The third-order valence-electron chi connectivity index (χ3n) is 8.97. The van der Waals surface area contributed by atoms with Gasteiger partial charge in [-0.25, -0.2) is 0 Å². The van der Waals surface area contributed by atoms with Gasteiger partial charge in [0.2, 0.25) is 0 Å². The molecule has 0 unspecified atom stereocenters. The summed E-state index contributed by atoms with van der Waals surface area (Å²) in [6, 6.07) is 55.3. The highest BCUT2D eigenvalue weighted by molar-refractivity contribution is 6.16. The first-order chi connectivity index (χ1) is 20.6. The zero-order chi connectivity index (χ0) is 28.3. The molecule has 0 fully saturated rings. The van der Waals surface area contributed by atoms with E-state index >= 15 is 0 Å². The molecule has 0 aromatic heterocycles. The largest absolute Gasteiger partial charge is 0.309 e. The van der Waals surface area contributed by atoms with E-state index in [2.05, 4.69) is 170 Å². The molecule has 0 saturated heterocycles. The van der Waals surface area contributed by atoms with Gasteiger partial charge in [0.25, 0.3) is 0 Å². The fourth-order valence-electron chi connectivity index (χ4n) is 7.14. The minimum atomic E-state index is -0.131. The maximum atomic E-state index is 2.48. The van der Waals surface area contributed by atoms with E-state index in [0.29, 0.717) is 0 Å². The Bertz CT molecular complexity index is 2110. The number of fused-ring (bicyclic) bond motifs is 6. The Hall–Kier alpha value is -5.14. The highest BCUT2D eigenvalue weighted by Gasteiger charge is 2.40. The maximum absolute atomic E-state index is 2.48. The van der Waals surface area contributed by atoms with Gasteiger partial charge >= 0.3 is 0 Å².